The number of rotatable bonds is 7. The van der Waals surface area contributed by atoms with Crippen LogP contribution in [0.5, 0.6) is 0 Å². The number of thiophene rings is 1. The lowest BCUT2D eigenvalue weighted by molar-refractivity contribution is 0.0527. The standard InChI is InChI=1S/C22H23N3O5S/c1-5-29-21(27)17-13(3)18(22(28)30-6-2)31-19(17)23-12-16-14(4)24-25(20(16)26)15-10-8-7-9-11-15/h7-12,24H,5-6H2,1-4H3/b23-12+. The topological polar surface area (TPSA) is 103 Å². The van der Waals surface area contributed by atoms with Gasteiger partial charge in [0.2, 0.25) is 0 Å². The molecule has 3 rings (SSSR count). The molecule has 3 aromatic rings. The molecule has 0 saturated carbocycles. The SMILES string of the molecule is CCOC(=O)c1sc(/N=C/c2c(C)[nH]n(-c3ccccc3)c2=O)c(C(=O)OCC)c1C. The quantitative estimate of drug-likeness (QED) is 0.442. The van der Waals surface area contributed by atoms with E-state index < -0.39 is 11.9 Å². The largest absolute Gasteiger partial charge is 0.462 e. The Balaban J connectivity index is 2.05. The lowest BCUT2D eigenvalue weighted by Crippen LogP contribution is -2.17. The first-order valence-electron chi connectivity index (χ1n) is 9.77. The zero-order valence-corrected chi connectivity index (χ0v) is 18.5. The lowest BCUT2D eigenvalue weighted by Gasteiger charge is -2.03. The van der Waals surface area contributed by atoms with Gasteiger partial charge in [-0.3, -0.25) is 9.89 Å². The molecule has 0 spiro atoms. The Morgan fingerprint density at radius 3 is 2.39 bits per heavy atom. The zero-order valence-electron chi connectivity index (χ0n) is 17.7. The summed E-state index contributed by atoms with van der Waals surface area (Å²) in [5.41, 5.74) is 2.03. The molecule has 0 radical (unpaired) electrons. The molecule has 0 atom stereocenters. The first-order chi connectivity index (χ1) is 14.9. The summed E-state index contributed by atoms with van der Waals surface area (Å²) in [6, 6.07) is 9.16. The number of esters is 2. The van der Waals surface area contributed by atoms with Gasteiger partial charge in [0.25, 0.3) is 5.56 Å². The molecule has 9 heteroatoms. The molecule has 1 aromatic carbocycles. The second-order valence-electron chi connectivity index (χ2n) is 6.56. The molecule has 0 saturated heterocycles. The van der Waals surface area contributed by atoms with E-state index in [2.05, 4.69) is 10.1 Å². The van der Waals surface area contributed by atoms with Crippen molar-refractivity contribution in [1.82, 2.24) is 9.78 Å². The number of aliphatic imine (C=N–C) groups is 1. The van der Waals surface area contributed by atoms with Crippen LogP contribution in [0, 0.1) is 13.8 Å². The summed E-state index contributed by atoms with van der Waals surface area (Å²) in [5.74, 6) is -1.10. The smallest absolute Gasteiger partial charge is 0.348 e. The van der Waals surface area contributed by atoms with Gasteiger partial charge in [0.15, 0.2) is 0 Å². The van der Waals surface area contributed by atoms with Gasteiger partial charge in [-0.15, -0.1) is 11.3 Å². The van der Waals surface area contributed by atoms with Crippen molar-refractivity contribution in [3.05, 3.63) is 67.9 Å². The summed E-state index contributed by atoms with van der Waals surface area (Å²) in [6.07, 6.45) is 1.40. The van der Waals surface area contributed by atoms with E-state index in [-0.39, 0.29) is 34.2 Å². The maximum absolute atomic E-state index is 12.9. The number of carbonyl (C=O) groups is 2. The van der Waals surface area contributed by atoms with Crippen molar-refractivity contribution in [1.29, 1.82) is 0 Å². The van der Waals surface area contributed by atoms with E-state index in [0.29, 0.717) is 22.5 Å². The maximum Gasteiger partial charge on any atom is 0.348 e. The van der Waals surface area contributed by atoms with E-state index in [4.69, 9.17) is 9.47 Å². The predicted octanol–water partition coefficient (Wildman–Crippen LogP) is 3.95. The minimum absolute atomic E-state index is 0.185. The Kier molecular flexibility index (Phi) is 6.86. The normalized spacial score (nSPS) is 11.1. The van der Waals surface area contributed by atoms with Crippen molar-refractivity contribution in [2.45, 2.75) is 27.7 Å². The fraction of sp³-hybridized carbons (Fsp3) is 0.273. The van der Waals surface area contributed by atoms with Gasteiger partial charge in [0.05, 0.1) is 24.5 Å². The summed E-state index contributed by atoms with van der Waals surface area (Å²) in [4.78, 5) is 42.3. The summed E-state index contributed by atoms with van der Waals surface area (Å²) in [7, 11) is 0. The molecule has 0 aliphatic carbocycles. The summed E-state index contributed by atoms with van der Waals surface area (Å²) in [6.45, 7) is 7.22. The Morgan fingerprint density at radius 2 is 1.74 bits per heavy atom. The summed E-state index contributed by atoms with van der Waals surface area (Å²) >= 11 is 1.03. The molecule has 0 aliphatic rings. The van der Waals surface area contributed by atoms with Gasteiger partial charge >= 0.3 is 11.9 Å². The summed E-state index contributed by atoms with van der Waals surface area (Å²) < 4.78 is 11.6. The molecule has 0 bridgehead atoms. The minimum atomic E-state index is -0.577. The van der Waals surface area contributed by atoms with E-state index in [1.54, 1.807) is 27.7 Å². The third kappa shape index (κ3) is 4.51. The predicted molar refractivity (Wildman–Crippen MR) is 119 cm³/mol. The molecule has 2 aromatic heterocycles. The average Bonchev–Trinajstić information content (AvgIpc) is 3.23. The number of carbonyl (C=O) groups excluding carboxylic acids is 2. The monoisotopic (exact) mass is 441 g/mol. The number of aromatic nitrogens is 2. The Hall–Kier alpha value is -3.46. The highest BCUT2D eigenvalue weighted by molar-refractivity contribution is 7.18. The number of aryl methyl sites for hydroxylation is 1. The number of hydrogen-bond donors (Lipinski definition) is 1. The number of hydrogen-bond acceptors (Lipinski definition) is 7. The molecule has 0 aliphatic heterocycles. The van der Waals surface area contributed by atoms with Crippen LogP contribution < -0.4 is 5.56 Å². The highest BCUT2D eigenvalue weighted by Gasteiger charge is 2.26. The molecule has 162 valence electrons. The van der Waals surface area contributed by atoms with Crippen molar-refractivity contribution < 1.29 is 19.1 Å². The second kappa shape index (κ2) is 9.57. The van der Waals surface area contributed by atoms with E-state index in [1.807, 2.05) is 30.3 Å². The van der Waals surface area contributed by atoms with Crippen molar-refractivity contribution in [3.63, 3.8) is 0 Å². The number of nitrogens with zero attached hydrogens (tertiary/aromatic N) is 2. The van der Waals surface area contributed by atoms with Crippen LogP contribution >= 0.6 is 11.3 Å². The van der Waals surface area contributed by atoms with Gasteiger partial charge in [-0.25, -0.2) is 19.3 Å². The third-order valence-electron chi connectivity index (χ3n) is 4.51. The third-order valence-corrected chi connectivity index (χ3v) is 5.69. The van der Waals surface area contributed by atoms with Crippen LogP contribution in [-0.4, -0.2) is 41.1 Å². The van der Waals surface area contributed by atoms with Crippen molar-refractivity contribution in [2.24, 2.45) is 4.99 Å². The van der Waals surface area contributed by atoms with Crippen LogP contribution in [0.3, 0.4) is 0 Å². The van der Waals surface area contributed by atoms with Crippen LogP contribution in [0.15, 0.2) is 40.1 Å². The zero-order chi connectivity index (χ0) is 22.5. The van der Waals surface area contributed by atoms with Gasteiger partial charge in [-0.05, 0) is 45.4 Å². The molecule has 0 amide bonds. The fourth-order valence-corrected chi connectivity index (χ4v) is 4.05. The minimum Gasteiger partial charge on any atom is -0.462 e. The molecular weight excluding hydrogens is 418 g/mol. The van der Waals surface area contributed by atoms with Crippen LogP contribution in [-0.2, 0) is 9.47 Å². The van der Waals surface area contributed by atoms with E-state index in [1.165, 1.54) is 10.9 Å². The lowest BCUT2D eigenvalue weighted by atomic mass is 10.1. The van der Waals surface area contributed by atoms with Crippen LogP contribution in [0.4, 0.5) is 5.00 Å². The Bertz CT molecular complexity index is 1190. The highest BCUT2D eigenvalue weighted by Crippen LogP contribution is 2.36. The van der Waals surface area contributed by atoms with E-state index in [9.17, 15) is 14.4 Å². The second-order valence-corrected chi connectivity index (χ2v) is 7.56. The number of para-hydroxylation sites is 1. The van der Waals surface area contributed by atoms with Crippen molar-refractivity contribution in [3.8, 4) is 5.69 Å². The van der Waals surface area contributed by atoms with E-state index >= 15 is 0 Å². The van der Waals surface area contributed by atoms with Gasteiger partial charge in [0.1, 0.15) is 15.4 Å². The number of H-pyrrole nitrogens is 1. The molecule has 8 nitrogen and oxygen atoms in total. The molecule has 1 N–H and O–H groups in total. The molecule has 0 fully saturated rings. The van der Waals surface area contributed by atoms with Crippen molar-refractivity contribution >= 4 is 34.5 Å². The average molecular weight is 442 g/mol. The number of nitrogens with one attached hydrogen (secondary N) is 1. The van der Waals surface area contributed by atoms with Crippen molar-refractivity contribution in [2.75, 3.05) is 13.2 Å². The Labute approximate surface area is 183 Å². The van der Waals surface area contributed by atoms with Crippen LogP contribution in [0.2, 0.25) is 0 Å². The number of ether oxygens (including phenoxy) is 2. The molecule has 31 heavy (non-hydrogen) atoms. The maximum atomic E-state index is 12.9. The first-order valence-corrected chi connectivity index (χ1v) is 10.6. The fourth-order valence-electron chi connectivity index (χ4n) is 3.02. The van der Waals surface area contributed by atoms with Gasteiger partial charge in [-0.1, -0.05) is 18.2 Å². The van der Waals surface area contributed by atoms with E-state index in [0.717, 1.165) is 11.3 Å². The molecule has 0 unspecified atom stereocenters. The Morgan fingerprint density at radius 1 is 1.10 bits per heavy atom. The highest BCUT2D eigenvalue weighted by atomic mass is 32.1. The first kappa shape index (κ1) is 22.2. The number of aromatic amines is 1. The number of benzene rings is 1. The molecule has 2 heterocycles. The van der Waals surface area contributed by atoms with Gasteiger partial charge in [-0.2, -0.15) is 0 Å². The van der Waals surface area contributed by atoms with Crippen LogP contribution in [0.25, 0.3) is 5.69 Å². The van der Waals surface area contributed by atoms with Gasteiger partial charge in [0, 0.05) is 11.9 Å². The van der Waals surface area contributed by atoms with Gasteiger partial charge < -0.3 is 9.47 Å². The molecular formula is C22H23N3O5S. The summed E-state index contributed by atoms with van der Waals surface area (Å²) in [5, 5.41) is 3.31. The van der Waals surface area contributed by atoms with Crippen LogP contribution in [0.1, 0.15) is 50.7 Å².